The maximum absolute atomic E-state index is 14.6. The number of amides is 4. The summed E-state index contributed by atoms with van der Waals surface area (Å²) in [4.78, 5) is 55.1. The highest BCUT2D eigenvalue weighted by Crippen LogP contribution is 2.49. The van der Waals surface area contributed by atoms with Crippen LogP contribution in [0, 0.1) is 17.0 Å². The van der Waals surface area contributed by atoms with Crippen molar-refractivity contribution in [2.45, 2.75) is 39.0 Å². The van der Waals surface area contributed by atoms with Crippen LogP contribution in [-0.2, 0) is 29.4 Å². The van der Waals surface area contributed by atoms with Crippen LogP contribution in [0.5, 0.6) is 0 Å². The van der Waals surface area contributed by atoms with E-state index in [0.717, 1.165) is 47.2 Å². The van der Waals surface area contributed by atoms with Gasteiger partial charge in [-0.25, -0.2) is 22.5 Å². The lowest BCUT2D eigenvalue weighted by Gasteiger charge is -2.28. The number of anilines is 1. The molecule has 4 aromatic rings. The van der Waals surface area contributed by atoms with E-state index in [1.165, 1.54) is 7.05 Å². The SMILES string of the molecule is CC(=O)N(C(=O)c1cc(F)cc(C(F)(F)F)c1)c1cc2c(c3c1C(c1cc(F)ccc1Cl)N(C(C)=O)C3=O)n(C)c(=N)n2CC(F)F. The molecule has 1 aromatic heterocycles. The van der Waals surface area contributed by atoms with Crippen molar-refractivity contribution in [1.82, 2.24) is 14.0 Å². The van der Waals surface area contributed by atoms with Crippen molar-refractivity contribution in [2.75, 3.05) is 4.90 Å². The number of alkyl halides is 5. The Labute approximate surface area is 264 Å². The molecular formula is C30H21ClF7N5O4. The van der Waals surface area contributed by atoms with Gasteiger partial charge in [-0.05, 0) is 42.5 Å². The Morgan fingerprint density at radius 3 is 2.26 bits per heavy atom. The number of nitrogens with zero attached hydrogens (tertiary/aromatic N) is 4. The summed E-state index contributed by atoms with van der Waals surface area (Å²) in [6, 6.07) is 3.09. The van der Waals surface area contributed by atoms with Gasteiger partial charge >= 0.3 is 6.18 Å². The van der Waals surface area contributed by atoms with E-state index < -0.39 is 88.4 Å². The molecule has 0 aliphatic carbocycles. The molecule has 1 aliphatic rings. The van der Waals surface area contributed by atoms with Gasteiger partial charge in [0.1, 0.15) is 11.6 Å². The molecule has 17 heteroatoms. The second-order valence-electron chi connectivity index (χ2n) is 10.6. The van der Waals surface area contributed by atoms with E-state index in [0.29, 0.717) is 11.0 Å². The summed E-state index contributed by atoms with van der Waals surface area (Å²) in [5.41, 5.74) is -5.22. The van der Waals surface area contributed by atoms with Gasteiger partial charge in [0.05, 0.1) is 40.4 Å². The molecule has 5 rings (SSSR count). The third-order valence-corrected chi connectivity index (χ3v) is 7.95. The predicted octanol–water partition coefficient (Wildman–Crippen LogP) is 5.96. The highest BCUT2D eigenvalue weighted by molar-refractivity contribution is 6.32. The standard InChI is InChI=1S/C30H21ClF7N5O4/c1-12(44)42(27(46)14-6-15(30(36,37)38)8-17(33)7-14)20-10-21-26(40(3)29(39)41(21)11-22(34)35)24-23(20)25(43(13(2)45)28(24)47)18-9-16(32)4-5-19(18)31/h4-10,22,25,39H,11H2,1-3H3. The Morgan fingerprint density at radius 1 is 1.02 bits per heavy atom. The van der Waals surface area contributed by atoms with E-state index in [2.05, 4.69) is 0 Å². The van der Waals surface area contributed by atoms with Crippen molar-refractivity contribution in [1.29, 1.82) is 5.41 Å². The van der Waals surface area contributed by atoms with Gasteiger partial charge in [-0.15, -0.1) is 0 Å². The maximum atomic E-state index is 14.6. The van der Waals surface area contributed by atoms with Crippen molar-refractivity contribution in [2.24, 2.45) is 7.05 Å². The van der Waals surface area contributed by atoms with Crippen LogP contribution in [0.3, 0.4) is 0 Å². The van der Waals surface area contributed by atoms with E-state index in [9.17, 15) is 49.9 Å². The summed E-state index contributed by atoms with van der Waals surface area (Å²) in [6.45, 7) is 0.680. The first-order valence-electron chi connectivity index (χ1n) is 13.5. The monoisotopic (exact) mass is 683 g/mol. The Morgan fingerprint density at radius 2 is 1.68 bits per heavy atom. The van der Waals surface area contributed by atoms with Crippen molar-refractivity contribution in [3.8, 4) is 0 Å². The van der Waals surface area contributed by atoms with Crippen LogP contribution in [0.2, 0.25) is 5.02 Å². The van der Waals surface area contributed by atoms with Crippen LogP contribution >= 0.6 is 11.6 Å². The second-order valence-corrected chi connectivity index (χ2v) is 11.0. The first-order valence-corrected chi connectivity index (χ1v) is 13.8. The third kappa shape index (κ3) is 5.55. The zero-order chi connectivity index (χ0) is 34.9. The fraction of sp³-hybridized carbons (Fsp3) is 0.233. The molecule has 1 N–H and O–H groups in total. The number of aryl methyl sites for hydroxylation is 1. The van der Waals surface area contributed by atoms with Gasteiger partial charge in [0.15, 0.2) is 0 Å². The second kappa shape index (κ2) is 11.7. The summed E-state index contributed by atoms with van der Waals surface area (Å²) in [5.74, 6) is -7.10. The number of halogens is 8. The average molecular weight is 684 g/mol. The van der Waals surface area contributed by atoms with Crippen LogP contribution in [0.25, 0.3) is 11.0 Å². The number of nitrogens with one attached hydrogen (secondary N) is 1. The summed E-state index contributed by atoms with van der Waals surface area (Å²) < 4.78 is 98.8. The fourth-order valence-electron chi connectivity index (χ4n) is 5.75. The molecule has 3 aromatic carbocycles. The lowest BCUT2D eigenvalue weighted by atomic mass is 9.93. The molecule has 0 saturated carbocycles. The number of aromatic nitrogens is 2. The van der Waals surface area contributed by atoms with Crippen LogP contribution in [0.15, 0.2) is 42.5 Å². The highest BCUT2D eigenvalue weighted by atomic mass is 35.5. The summed E-state index contributed by atoms with van der Waals surface area (Å²) in [5, 5.41) is 8.29. The molecule has 4 amide bonds. The summed E-state index contributed by atoms with van der Waals surface area (Å²) >= 11 is 6.39. The number of benzene rings is 3. The van der Waals surface area contributed by atoms with Gasteiger partial charge in [0, 0.05) is 42.6 Å². The van der Waals surface area contributed by atoms with E-state index in [-0.39, 0.29) is 44.2 Å². The van der Waals surface area contributed by atoms with E-state index >= 15 is 0 Å². The molecule has 0 fully saturated rings. The Balaban J connectivity index is 1.95. The number of carbonyl (C=O) groups excluding carboxylic acids is 4. The normalized spacial score (nSPS) is 14.7. The minimum atomic E-state index is -5.11. The third-order valence-electron chi connectivity index (χ3n) is 7.61. The smallest absolute Gasteiger partial charge is 0.313 e. The first kappa shape index (κ1) is 33.4. The van der Waals surface area contributed by atoms with Gasteiger partial charge in [-0.3, -0.25) is 29.5 Å². The van der Waals surface area contributed by atoms with E-state index in [4.69, 9.17) is 17.0 Å². The minimum Gasteiger partial charge on any atom is -0.313 e. The molecule has 1 atom stereocenters. The molecule has 246 valence electrons. The van der Waals surface area contributed by atoms with Gasteiger partial charge < -0.3 is 9.13 Å². The Kier molecular flexibility index (Phi) is 8.29. The van der Waals surface area contributed by atoms with Crippen molar-refractivity contribution < 1.29 is 49.9 Å². The van der Waals surface area contributed by atoms with Crippen LogP contribution in [0.4, 0.5) is 36.4 Å². The molecule has 2 heterocycles. The summed E-state index contributed by atoms with van der Waals surface area (Å²) in [6.07, 6.45) is -8.16. The molecule has 0 radical (unpaired) electrons. The lowest BCUT2D eigenvalue weighted by molar-refractivity contribution is -0.137. The number of imide groups is 2. The number of imidazole rings is 1. The predicted molar refractivity (Wildman–Crippen MR) is 152 cm³/mol. The summed E-state index contributed by atoms with van der Waals surface area (Å²) in [7, 11) is 1.25. The van der Waals surface area contributed by atoms with Crippen molar-refractivity contribution >= 4 is 52.0 Å². The molecule has 0 saturated heterocycles. The molecule has 1 unspecified atom stereocenters. The number of fused-ring (bicyclic) bond motifs is 3. The number of carbonyl (C=O) groups is 4. The maximum Gasteiger partial charge on any atom is 0.416 e. The molecule has 0 spiro atoms. The number of hydrogen-bond acceptors (Lipinski definition) is 5. The van der Waals surface area contributed by atoms with E-state index in [1.54, 1.807) is 0 Å². The number of rotatable bonds is 5. The van der Waals surface area contributed by atoms with Gasteiger partial charge in [-0.1, -0.05) is 11.6 Å². The average Bonchev–Trinajstić information content (AvgIpc) is 3.39. The largest absolute Gasteiger partial charge is 0.416 e. The zero-order valence-corrected chi connectivity index (χ0v) is 25.1. The van der Waals surface area contributed by atoms with Crippen LogP contribution in [0.1, 0.15) is 57.3 Å². The zero-order valence-electron chi connectivity index (χ0n) is 24.3. The molecular weight excluding hydrogens is 663 g/mol. The minimum absolute atomic E-state index is 0.122. The Hall–Kier alpha value is -4.99. The van der Waals surface area contributed by atoms with Crippen LogP contribution < -0.4 is 10.5 Å². The van der Waals surface area contributed by atoms with Gasteiger partial charge in [0.2, 0.25) is 17.4 Å². The van der Waals surface area contributed by atoms with Gasteiger partial charge in [0.25, 0.3) is 18.2 Å². The quantitative estimate of drug-likeness (QED) is 0.262. The van der Waals surface area contributed by atoms with E-state index in [1.807, 2.05) is 0 Å². The van der Waals surface area contributed by atoms with Crippen molar-refractivity contribution in [3.05, 3.63) is 92.6 Å². The fourth-order valence-corrected chi connectivity index (χ4v) is 5.97. The lowest BCUT2D eigenvalue weighted by Crippen LogP contribution is -2.37. The molecule has 47 heavy (non-hydrogen) atoms. The topological polar surface area (TPSA) is 108 Å². The molecule has 9 nitrogen and oxygen atoms in total. The highest BCUT2D eigenvalue weighted by Gasteiger charge is 2.47. The van der Waals surface area contributed by atoms with Crippen LogP contribution in [-0.4, -0.2) is 44.1 Å². The number of hydrogen-bond donors (Lipinski definition) is 1. The Bertz CT molecular complexity index is 2090. The first-order chi connectivity index (χ1) is 21.8. The van der Waals surface area contributed by atoms with Crippen molar-refractivity contribution in [3.63, 3.8) is 0 Å². The van der Waals surface area contributed by atoms with Gasteiger partial charge in [-0.2, -0.15) is 13.2 Å². The molecule has 1 aliphatic heterocycles. The molecule has 0 bridgehead atoms.